The largest absolute Gasteiger partial charge is 0.491 e. The lowest BCUT2D eigenvalue weighted by Crippen LogP contribution is -2.27. The Hall–Kier alpha value is -3.23. The van der Waals surface area contributed by atoms with Crippen LogP contribution in [0.1, 0.15) is 32.6 Å². The summed E-state index contributed by atoms with van der Waals surface area (Å²) in [5.74, 6) is 0.903. The number of likely N-dealkylation sites (tertiary alicyclic amines) is 1. The van der Waals surface area contributed by atoms with Crippen LogP contribution in [0.25, 0.3) is 10.9 Å². The second-order valence-electron chi connectivity index (χ2n) is 9.47. The molecule has 2 fully saturated rings. The highest BCUT2D eigenvalue weighted by molar-refractivity contribution is 6.31. The molecule has 2 aliphatic rings. The van der Waals surface area contributed by atoms with E-state index < -0.39 is 5.82 Å². The molecule has 5 rings (SSSR count). The standard InChI is InChI=1S/C27H29ClFN5O2/c1-17-4-2-10-34(17)11-3-5-26(35)33-24-13-20-23(14-25(24)36-15-18-6-7-18)30-16-31-27(20)32-19-8-9-22(29)21(28)12-19/h3,5,8-9,12-14,16-18H,2,4,6-7,10-11,15H2,1H3,(H,33,35)(H,30,31,32)/b5-3+. The number of amides is 1. The Kier molecular flexibility index (Phi) is 7.34. The van der Waals surface area contributed by atoms with Gasteiger partial charge in [-0.2, -0.15) is 0 Å². The van der Waals surface area contributed by atoms with Gasteiger partial charge in [-0.15, -0.1) is 0 Å². The van der Waals surface area contributed by atoms with Gasteiger partial charge in [-0.25, -0.2) is 14.4 Å². The van der Waals surface area contributed by atoms with Crippen LogP contribution in [0, 0.1) is 11.7 Å². The van der Waals surface area contributed by atoms with Gasteiger partial charge in [0.1, 0.15) is 23.7 Å². The van der Waals surface area contributed by atoms with Crippen molar-refractivity contribution in [1.29, 1.82) is 0 Å². The Labute approximate surface area is 214 Å². The Morgan fingerprint density at radius 2 is 2.11 bits per heavy atom. The molecular formula is C27H29ClFN5O2. The maximum absolute atomic E-state index is 13.6. The number of hydrogen-bond donors (Lipinski definition) is 2. The number of fused-ring (bicyclic) bond motifs is 1. The summed E-state index contributed by atoms with van der Waals surface area (Å²) in [7, 11) is 0. The molecule has 1 aliphatic carbocycles. The number of carbonyl (C=O) groups is 1. The molecule has 1 saturated heterocycles. The van der Waals surface area contributed by atoms with E-state index in [0.29, 0.717) is 52.4 Å². The number of nitrogens with one attached hydrogen (secondary N) is 2. The van der Waals surface area contributed by atoms with Crippen LogP contribution in [0.15, 0.2) is 48.8 Å². The van der Waals surface area contributed by atoms with E-state index in [0.717, 1.165) is 25.9 Å². The number of nitrogens with zero attached hydrogens (tertiary/aromatic N) is 3. The number of benzene rings is 2. The Balaban J connectivity index is 1.39. The molecule has 1 aromatic heterocycles. The first-order chi connectivity index (χ1) is 17.5. The van der Waals surface area contributed by atoms with Crippen LogP contribution in [-0.4, -0.2) is 46.5 Å². The predicted octanol–water partition coefficient (Wildman–Crippen LogP) is 5.93. The van der Waals surface area contributed by atoms with Crippen molar-refractivity contribution in [3.05, 3.63) is 59.7 Å². The second-order valence-corrected chi connectivity index (χ2v) is 9.88. The maximum atomic E-state index is 13.6. The average molecular weight is 510 g/mol. The minimum Gasteiger partial charge on any atom is -0.491 e. The predicted molar refractivity (Wildman–Crippen MR) is 140 cm³/mol. The normalized spacial score (nSPS) is 18.1. The second kappa shape index (κ2) is 10.8. The number of anilines is 3. The van der Waals surface area contributed by atoms with Gasteiger partial charge < -0.3 is 15.4 Å². The van der Waals surface area contributed by atoms with Gasteiger partial charge in [-0.1, -0.05) is 17.7 Å². The van der Waals surface area contributed by atoms with Crippen molar-refractivity contribution in [3.63, 3.8) is 0 Å². The van der Waals surface area contributed by atoms with Crippen molar-refractivity contribution >= 4 is 45.6 Å². The molecule has 1 unspecified atom stereocenters. The van der Waals surface area contributed by atoms with E-state index in [1.807, 2.05) is 12.1 Å². The third kappa shape index (κ3) is 5.94. The molecule has 0 radical (unpaired) electrons. The number of halogens is 2. The lowest BCUT2D eigenvalue weighted by Gasteiger charge is -2.18. The number of carbonyl (C=O) groups excluding carboxylic acids is 1. The van der Waals surface area contributed by atoms with Crippen molar-refractivity contribution < 1.29 is 13.9 Å². The fourth-order valence-corrected chi connectivity index (χ4v) is 4.52. The number of hydrogen-bond acceptors (Lipinski definition) is 6. The number of rotatable bonds is 9. The van der Waals surface area contributed by atoms with Crippen LogP contribution in [0.2, 0.25) is 5.02 Å². The molecule has 2 heterocycles. The zero-order chi connectivity index (χ0) is 25.1. The summed E-state index contributed by atoms with van der Waals surface area (Å²) >= 11 is 5.94. The van der Waals surface area contributed by atoms with Gasteiger partial charge in [-0.3, -0.25) is 9.69 Å². The van der Waals surface area contributed by atoms with Crippen molar-refractivity contribution in [3.8, 4) is 5.75 Å². The molecule has 3 aromatic rings. The van der Waals surface area contributed by atoms with E-state index in [1.54, 1.807) is 18.2 Å². The highest BCUT2D eigenvalue weighted by atomic mass is 35.5. The smallest absolute Gasteiger partial charge is 0.248 e. The average Bonchev–Trinajstić information content (AvgIpc) is 3.60. The molecule has 1 atom stereocenters. The fraction of sp³-hybridized carbons (Fsp3) is 0.370. The first kappa shape index (κ1) is 24.5. The number of aromatic nitrogens is 2. The first-order valence-corrected chi connectivity index (χ1v) is 12.7. The third-order valence-electron chi connectivity index (χ3n) is 6.65. The van der Waals surface area contributed by atoms with Gasteiger partial charge in [0.15, 0.2) is 0 Å². The summed E-state index contributed by atoms with van der Waals surface area (Å²) in [5, 5.41) is 6.83. The quantitative estimate of drug-likeness (QED) is 0.348. The van der Waals surface area contributed by atoms with Gasteiger partial charge in [0, 0.05) is 35.8 Å². The highest BCUT2D eigenvalue weighted by Gasteiger charge is 2.23. The van der Waals surface area contributed by atoms with Crippen LogP contribution in [-0.2, 0) is 4.79 Å². The lowest BCUT2D eigenvalue weighted by atomic mass is 10.1. The Morgan fingerprint density at radius 1 is 1.25 bits per heavy atom. The molecule has 36 heavy (non-hydrogen) atoms. The van der Waals surface area contributed by atoms with Crippen molar-refractivity contribution in [2.45, 2.75) is 38.6 Å². The Bertz CT molecular complexity index is 1300. The van der Waals surface area contributed by atoms with Crippen LogP contribution in [0.4, 0.5) is 21.6 Å². The molecular weight excluding hydrogens is 481 g/mol. The summed E-state index contributed by atoms with van der Waals surface area (Å²) in [5.41, 5.74) is 1.78. The monoisotopic (exact) mass is 509 g/mol. The van der Waals surface area contributed by atoms with Gasteiger partial charge >= 0.3 is 0 Å². The zero-order valence-corrected chi connectivity index (χ0v) is 20.9. The van der Waals surface area contributed by atoms with Crippen molar-refractivity contribution in [2.75, 3.05) is 30.3 Å². The van der Waals surface area contributed by atoms with Crippen LogP contribution < -0.4 is 15.4 Å². The third-order valence-corrected chi connectivity index (χ3v) is 6.94. The molecule has 188 valence electrons. The van der Waals surface area contributed by atoms with Gasteiger partial charge in [0.25, 0.3) is 0 Å². The Morgan fingerprint density at radius 3 is 2.86 bits per heavy atom. The van der Waals surface area contributed by atoms with Gasteiger partial charge in [0.05, 0.1) is 22.8 Å². The lowest BCUT2D eigenvalue weighted by molar-refractivity contribution is -0.111. The maximum Gasteiger partial charge on any atom is 0.248 e. The summed E-state index contributed by atoms with van der Waals surface area (Å²) < 4.78 is 19.7. The minimum absolute atomic E-state index is 0.0113. The van der Waals surface area contributed by atoms with E-state index >= 15 is 0 Å². The summed E-state index contributed by atoms with van der Waals surface area (Å²) in [4.78, 5) is 23.9. The molecule has 1 saturated carbocycles. The zero-order valence-electron chi connectivity index (χ0n) is 20.1. The van der Waals surface area contributed by atoms with Gasteiger partial charge in [-0.05, 0) is 69.3 Å². The van der Waals surface area contributed by atoms with Crippen LogP contribution >= 0.6 is 11.6 Å². The fourth-order valence-electron chi connectivity index (χ4n) is 4.34. The van der Waals surface area contributed by atoms with Crippen LogP contribution in [0.5, 0.6) is 5.75 Å². The van der Waals surface area contributed by atoms with E-state index in [1.165, 1.54) is 31.3 Å². The van der Waals surface area contributed by atoms with E-state index in [-0.39, 0.29) is 10.9 Å². The molecule has 1 aliphatic heterocycles. The summed E-state index contributed by atoms with van der Waals surface area (Å²) in [6, 6.07) is 8.53. The molecule has 9 heteroatoms. The minimum atomic E-state index is -0.496. The highest BCUT2D eigenvalue weighted by Crippen LogP contribution is 2.36. The first-order valence-electron chi connectivity index (χ1n) is 12.3. The molecule has 0 spiro atoms. The van der Waals surface area contributed by atoms with Crippen molar-refractivity contribution in [1.82, 2.24) is 14.9 Å². The molecule has 2 aromatic carbocycles. The van der Waals surface area contributed by atoms with E-state index in [4.69, 9.17) is 16.3 Å². The van der Waals surface area contributed by atoms with Crippen molar-refractivity contribution in [2.24, 2.45) is 5.92 Å². The van der Waals surface area contributed by atoms with E-state index in [2.05, 4.69) is 32.4 Å². The molecule has 0 bridgehead atoms. The van der Waals surface area contributed by atoms with Crippen LogP contribution in [0.3, 0.4) is 0 Å². The SMILES string of the molecule is CC1CCCN1C/C=C/C(=O)Nc1cc2c(Nc3ccc(F)c(Cl)c3)ncnc2cc1OCC1CC1. The molecule has 2 N–H and O–H groups in total. The summed E-state index contributed by atoms with van der Waals surface area (Å²) in [6.07, 6.45) is 9.62. The molecule has 7 nitrogen and oxygen atoms in total. The molecule has 1 amide bonds. The topological polar surface area (TPSA) is 79.4 Å². The number of ether oxygens (including phenoxy) is 1. The summed E-state index contributed by atoms with van der Waals surface area (Å²) in [6.45, 7) is 4.62. The van der Waals surface area contributed by atoms with Gasteiger partial charge in [0.2, 0.25) is 5.91 Å². The van der Waals surface area contributed by atoms with E-state index in [9.17, 15) is 9.18 Å².